The van der Waals surface area contributed by atoms with Crippen LogP contribution in [0.25, 0.3) is 0 Å². The minimum atomic E-state index is -0.577. The Morgan fingerprint density at radius 1 is 1.03 bits per heavy atom. The molecule has 3 aromatic carbocycles. The van der Waals surface area contributed by atoms with Gasteiger partial charge in [0.1, 0.15) is 29.6 Å². The molecular weight excluding hydrogens is 472 g/mol. The van der Waals surface area contributed by atoms with Crippen molar-refractivity contribution in [3.63, 3.8) is 0 Å². The quantitative estimate of drug-likeness (QED) is 0.208. The van der Waals surface area contributed by atoms with Gasteiger partial charge in [-0.05, 0) is 55.3 Å². The van der Waals surface area contributed by atoms with Gasteiger partial charge in [-0.15, -0.1) is 0 Å². The van der Waals surface area contributed by atoms with Crippen molar-refractivity contribution in [1.82, 2.24) is 0 Å². The van der Waals surface area contributed by atoms with Crippen LogP contribution in [0.5, 0.6) is 17.2 Å². The minimum absolute atomic E-state index is 0.0205. The Morgan fingerprint density at radius 2 is 1.83 bits per heavy atom. The molecule has 35 heavy (non-hydrogen) atoms. The molecule has 8 nitrogen and oxygen atoms in total. The number of nitro benzene ring substituents is 1. The molecule has 1 amide bonds. The van der Waals surface area contributed by atoms with Gasteiger partial charge in [-0.1, -0.05) is 35.9 Å². The maximum atomic E-state index is 12.7. The second kappa shape index (κ2) is 10.3. The highest BCUT2D eigenvalue weighted by Crippen LogP contribution is 2.31. The van der Waals surface area contributed by atoms with E-state index >= 15 is 0 Å². The van der Waals surface area contributed by atoms with Crippen LogP contribution >= 0.6 is 11.6 Å². The van der Waals surface area contributed by atoms with Gasteiger partial charge in [-0.2, -0.15) is 0 Å². The summed E-state index contributed by atoms with van der Waals surface area (Å²) >= 11 is 6.17. The number of nitro groups is 1. The van der Waals surface area contributed by atoms with Crippen LogP contribution in [-0.2, 0) is 6.61 Å². The number of rotatable bonds is 8. The van der Waals surface area contributed by atoms with Gasteiger partial charge in [0.05, 0.1) is 21.7 Å². The lowest BCUT2D eigenvalue weighted by atomic mass is 10.2. The molecule has 1 aromatic heterocycles. The first-order valence-corrected chi connectivity index (χ1v) is 11.0. The summed E-state index contributed by atoms with van der Waals surface area (Å²) in [6, 6.07) is 19.8. The van der Waals surface area contributed by atoms with E-state index in [0.29, 0.717) is 22.3 Å². The number of anilines is 1. The molecule has 0 spiro atoms. The molecule has 4 rings (SSSR count). The standard InChI is InChI=1S/C26H21ClN2O6/c1-16-5-3-7-20(11-16)34-22-13-18(12-19(14-22)29(31)32)28-26(30)24-10-9-21(35-24)15-33-25-17(2)6-4-8-23(25)27/h3-14H,15H2,1-2H3,(H,28,30). The number of halogens is 1. The van der Waals surface area contributed by atoms with Crippen molar-refractivity contribution in [3.05, 3.63) is 111 Å². The molecular formula is C26H21ClN2O6. The van der Waals surface area contributed by atoms with Gasteiger partial charge >= 0.3 is 0 Å². The van der Waals surface area contributed by atoms with E-state index in [9.17, 15) is 14.9 Å². The van der Waals surface area contributed by atoms with Gasteiger partial charge in [0.25, 0.3) is 11.6 Å². The molecule has 0 saturated heterocycles. The molecule has 0 aliphatic heterocycles. The van der Waals surface area contributed by atoms with E-state index < -0.39 is 10.8 Å². The molecule has 0 atom stereocenters. The normalized spacial score (nSPS) is 10.6. The summed E-state index contributed by atoms with van der Waals surface area (Å²) in [5.74, 6) is 1.13. The van der Waals surface area contributed by atoms with E-state index in [0.717, 1.165) is 11.1 Å². The van der Waals surface area contributed by atoms with Crippen molar-refractivity contribution in [2.24, 2.45) is 0 Å². The van der Waals surface area contributed by atoms with Crippen LogP contribution < -0.4 is 14.8 Å². The Labute approximate surface area is 206 Å². The van der Waals surface area contributed by atoms with E-state index in [1.165, 1.54) is 24.3 Å². The molecule has 1 heterocycles. The lowest BCUT2D eigenvalue weighted by molar-refractivity contribution is -0.384. The average Bonchev–Trinajstić information content (AvgIpc) is 3.28. The van der Waals surface area contributed by atoms with Gasteiger partial charge in [-0.3, -0.25) is 14.9 Å². The van der Waals surface area contributed by atoms with Gasteiger partial charge in [0.15, 0.2) is 5.76 Å². The third-order valence-electron chi connectivity index (χ3n) is 4.99. The first-order valence-electron chi connectivity index (χ1n) is 10.6. The zero-order valence-corrected chi connectivity index (χ0v) is 19.7. The first-order chi connectivity index (χ1) is 16.8. The van der Waals surface area contributed by atoms with Crippen molar-refractivity contribution < 1.29 is 23.6 Å². The number of hydrogen-bond acceptors (Lipinski definition) is 6. The number of benzene rings is 3. The molecule has 0 saturated carbocycles. The fourth-order valence-electron chi connectivity index (χ4n) is 3.35. The van der Waals surface area contributed by atoms with E-state index in [1.54, 1.807) is 24.3 Å². The number of para-hydroxylation sites is 1. The van der Waals surface area contributed by atoms with Crippen molar-refractivity contribution in [3.8, 4) is 17.2 Å². The number of nitrogens with one attached hydrogen (secondary N) is 1. The summed E-state index contributed by atoms with van der Waals surface area (Å²) in [6.07, 6.45) is 0. The Bertz CT molecular complexity index is 1380. The highest BCUT2D eigenvalue weighted by Gasteiger charge is 2.17. The fourth-order valence-corrected chi connectivity index (χ4v) is 3.62. The van der Waals surface area contributed by atoms with Gasteiger partial charge in [0.2, 0.25) is 0 Å². The second-order valence-corrected chi connectivity index (χ2v) is 8.19. The maximum absolute atomic E-state index is 12.7. The number of aryl methyl sites for hydroxylation is 2. The highest BCUT2D eigenvalue weighted by molar-refractivity contribution is 6.32. The fraction of sp³-hybridized carbons (Fsp3) is 0.115. The zero-order valence-electron chi connectivity index (χ0n) is 18.9. The minimum Gasteiger partial charge on any atom is -0.484 e. The summed E-state index contributed by atoms with van der Waals surface area (Å²) in [7, 11) is 0. The number of amides is 1. The Kier molecular flexibility index (Phi) is 7.03. The Hall–Kier alpha value is -4.30. The molecule has 4 aromatic rings. The Balaban J connectivity index is 1.48. The van der Waals surface area contributed by atoms with Crippen LogP contribution in [0.15, 0.2) is 77.2 Å². The van der Waals surface area contributed by atoms with Crippen LogP contribution in [-0.4, -0.2) is 10.8 Å². The average molecular weight is 493 g/mol. The van der Waals surface area contributed by atoms with Crippen LogP contribution in [0.4, 0.5) is 11.4 Å². The second-order valence-electron chi connectivity index (χ2n) is 7.79. The molecule has 0 fully saturated rings. The summed E-state index contributed by atoms with van der Waals surface area (Å²) in [6.45, 7) is 3.85. The van der Waals surface area contributed by atoms with E-state index in [4.69, 9.17) is 25.5 Å². The van der Waals surface area contributed by atoms with E-state index in [1.807, 2.05) is 38.1 Å². The van der Waals surface area contributed by atoms with Crippen LogP contribution in [0, 0.1) is 24.0 Å². The van der Waals surface area contributed by atoms with Gasteiger partial charge < -0.3 is 19.2 Å². The van der Waals surface area contributed by atoms with Crippen LogP contribution in [0.3, 0.4) is 0 Å². The largest absolute Gasteiger partial charge is 0.484 e. The van der Waals surface area contributed by atoms with Crippen molar-refractivity contribution in [1.29, 1.82) is 0 Å². The van der Waals surface area contributed by atoms with Crippen molar-refractivity contribution in [2.45, 2.75) is 20.5 Å². The topological polar surface area (TPSA) is 104 Å². The summed E-state index contributed by atoms with van der Waals surface area (Å²) < 4.78 is 17.1. The molecule has 0 radical (unpaired) electrons. The molecule has 0 unspecified atom stereocenters. The summed E-state index contributed by atoms with van der Waals surface area (Å²) in [4.78, 5) is 23.6. The molecule has 9 heteroatoms. The first kappa shape index (κ1) is 23.8. The number of carbonyl (C=O) groups excluding carboxylic acids is 1. The van der Waals surface area contributed by atoms with E-state index in [2.05, 4.69) is 5.32 Å². The third-order valence-corrected chi connectivity index (χ3v) is 5.29. The lowest BCUT2D eigenvalue weighted by Gasteiger charge is -2.10. The number of furan rings is 1. The van der Waals surface area contributed by atoms with Crippen LogP contribution in [0.1, 0.15) is 27.4 Å². The zero-order chi connectivity index (χ0) is 24.9. The molecule has 0 aliphatic carbocycles. The van der Waals surface area contributed by atoms with Crippen LogP contribution in [0.2, 0.25) is 5.02 Å². The molecule has 0 bridgehead atoms. The number of nitrogens with zero attached hydrogens (tertiary/aromatic N) is 1. The lowest BCUT2D eigenvalue weighted by Crippen LogP contribution is -2.11. The van der Waals surface area contributed by atoms with Gasteiger partial charge in [-0.25, -0.2) is 0 Å². The number of hydrogen-bond donors (Lipinski definition) is 1. The number of ether oxygens (including phenoxy) is 2. The van der Waals surface area contributed by atoms with Crippen molar-refractivity contribution >= 4 is 28.9 Å². The van der Waals surface area contributed by atoms with Gasteiger partial charge in [0, 0.05) is 12.1 Å². The number of carbonyl (C=O) groups is 1. The maximum Gasteiger partial charge on any atom is 0.291 e. The predicted octanol–water partition coefficient (Wildman–Crippen LogP) is 7.08. The third kappa shape index (κ3) is 5.99. The van der Waals surface area contributed by atoms with Crippen molar-refractivity contribution in [2.75, 3.05) is 5.32 Å². The Morgan fingerprint density at radius 3 is 2.57 bits per heavy atom. The summed E-state index contributed by atoms with van der Waals surface area (Å²) in [5.41, 5.74) is 1.81. The molecule has 178 valence electrons. The monoisotopic (exact) mass is 492 g/mol. The van der Waals surface area contributed by atoms with E-state index in [-0.39, 0.29) is 29.5 Å². The summed E-state index contributed by atoms with van der Waals surface area (Å²) in [5, 5.41) is 14.5. The predicted molar refractivity (Wildman–Crippen MR) is 132 cm³/mol. The SMILES string of the molecule is Cc1cccc(Oc2cc(NC(=O)c3ccc(COc4c(C)cccc4Cl)o3)cc([N+](=O)[O-])c2)c1. The molecule has 0 aliphatic rings. The smallest absolute Gasteiger partial charge is 0.291 e. The highest BCUT2D eigenvalue weighted by atomic mass is 35.5. The number of non-ortho nitro benzene ring substituents is 1. The molecule has 1 N–H and O–H groups in total.